The second kappa shape index (κ2) is 4.52. The molecule has 0 fully saturated rings. The van der Waals surface area contributed by atoms with Crippen molar-refractivity contribution in [1.82, 2.24) is 15.7 Å². The first kappa shape index (κ1) is 10.3. The van der Waals surface area contributed by atoms with Crippen molar-refractivity contribution in [2.45, 2.75) is 13.0 Å². The lowest BCUT2D eigenvalue weighted by Gasteiger charge is -2.02. The molecule has 0 aliphatic carbocycles. The van der Waals surface area contributed by atoms with Crippen LogP contribution in [-0.2, 0) is 16.1 Å². The van der Waals surface area contributed by atoms with Crippen molar-refractivity contribution in [3.05, 3.63) is 30.1 Å². The third kappa shape index (κ3) is 2.41. The third-order valence-corrected chi connectivity index (χ3v) is 2.06. The van der Waals surface area contributed by atoms with Gasteiger partial charge in [-0.1, -0.05) is 6.07 Å². The quantitative estimate of drug-likeness (QED) is 0.722. The summed E-state index contributed by atoms with van der Waals surface area (Å²) in [7, 11) is 0. The Labute approximate surface area is 91.8 Å². The molecule has 0 aromatic carbocycles. The van der Waals surface area contributed by atoms with Gasteiger partial charge in [0.1, 0.15) is 5.71 Å². The second-order valence-electron chi connectivity index (χ2n) is 3.27. The molecule has 0 radical (unpaired) electrons. The van der Waals surface area contributed by atoms with Crippen LogP contribution in [0.3, 0.4) is 0 Å². The summed E-state index contributed by atoms with van der Waals surface area (Å²) in [6.45, 7) is 0.326. The number of carbonyl (C=O) groups excluding carboxylic acids is 2. The molecular formula is C10H10N4O2. The molecule has 0 saturated heterocycles. The van der Waals surface area contributed by atoms with Gasteiger partial charge in [-0.05, 0) is 12.1 Å². The van der Waals surface area contributed by atoms with Crippen LogP contribution in [0.25, 0.3) is 0 Å². The van der Waals surface area contributed by atoms with E-state index in [1.54, 1.807) is 18.3 Å². The number of nitrogens with zero attached hydrogens (tertiary/aromatic N) is 2. The van der Waals surface area contributed by atoms with Crippen LogP contribution in [0.4, 0.5) is 0 Å². The monoisotopic (exact) mass is 218 g/mol. The molecule has 0 spiro atoms. The van der Waals surface area contributed by atoms with Gasteiger partial charge in [0, 0.05) is 6.20 Å². The molecule has 6 heteroatoms. The molecule has 2 heterocycles. The molecule has 0 bridgehead atoms. The summed E-state index contributed by atoms with van der Waals surface area (Å²) in [5.74, 6) is -0.605. The van der Waals surface area contributed by atoms with Crippen LogP contribution >= 0.6 is 0 Å². The molecule has 2 rings (SSSR count). The van der Waals surface area contributed by atoms with E-state index in [1.165, 1.54) is 0 Å². The van der Waals surface area contributed by atoms with Gasteiger partial charge in [-0.3, -0.25) is 14.6 Å². The van der Waals surface area contributed by atoms with Gasteiger partial charge >= 0.3 is 0 Å². The Bertz CT molecular complexity index is 441. The van der Waals surface area contributed by atoms with Crippen molar-refractivity contribution in [3.63, 3.8) is 0 Å². The average Bonchev–Trinajstić information content (AvgIpc) is 2.74. The zero-order valence-electron chi connectivity index (χ0n) is 8.43. The first-order valence-electron chi connectivity index (χ1n) is 4.79. The van der Waals surface area contributed by atoms with E-state index < -0.39 is 0 Å². The number of carbonyl (C=O) groups is 2. The van der Waals surface area contributed by atoms with Crippen LogP contribution in [0.5, 0.6) is 0 Å². The Morgan fingerprint density at radius 1 is 1.50 bits per heavy atom. The van der Waals surface area contributed by atoms with Crippen molar-refractivity contribution in [2.24, 2.45) is 5.10 Å². The number of nitrogens with one attached hydrogen (secondary N) is 2. The highest BCUT2D eigenvalue weighted by Crippen LogP contribution is 1.97. The van der Waals surface area contributed by atoms with Crippen molar-refractivity contribution in [2.75, 3.05) is 0 Å². The van der Waals surface area contributed by atoms with Gasteiger partial charge < -0.3 is 5.32 Å². The van der Waals surface area contributed by atoms with Gasteiger partial charge in [-0.15, -0.1) is 0 Å². The number of amides is 2. The van der Waals surface area contributed by atoms with E-state index in [9.17, 15) is 9.59 Å². The van der Waals surface area contributed by atoms with Crippen molar-refractivity contribution in [3.8, 4) is 0 Å². The summed E-state index contributed by atoms with van der Waals surface area (Å²) in [5, 5.41) is 6.25. The van der Waals surface area contributed by atoms with E-state index in [4.69, 9.17) is 0 Å². The van der Waals surface area contributed by atoms with Crippen LogP contribution in [-0.4, -0.2) is 22.5 Å². The van der Waals surface area contributed by atoms with Gasteiger partial charge in [0.25, 0.3) is 5.91 Å². The van der Waals surface area contributed by atoms with Crippen LogP contribution < -0.4 is 10.7 Å². The average molecular weight is 218 g/mol. The fourth-order valence-corrected chi connectivity index (χ4v) is 1.27. The predicted molar refractivity (Wildman–Crippen MR) is 56.3 cm³/mol. The summed E-state index contributed by atoms with van der Waals surface area (Å²) in [4.78, 5) is 26.4. The SMILES string of the molecule is O=C1CC(C(=O)NCc2ccccn2)=NN1. The van der Waals surface area contributed by atoms with Crippen molar-refractivity contribution < 1.29 is 9.59 Å². The lowest BCUT2D eigenvalue weighted by atomic mass is 10.2. The largest absolute Gasteiger partial charge is 0.345 e. The Kier molecular flexibility index (Phi) is 2.90. The molecule has 1 aliphatic rings. The topological polar surface area (TPSA) is 83.5 Å². The van der Waals surface area contributed by atoms with Gasteiger partial charge in [0.15, 0.2) is 0 Å². The molecule has 16 heavy (non-hydrogen) atoms. The van der Waals surface area contributed by atoms with Crippen LogP contribution in [0.1, 0.15) is 12.1 Å². The van der Waals surface area contributed by atoms with Crippen molar-refractivity contribution >= 4 is 17.5 Å². The van der Waals surface area contributed by atoms with E-state index in [1.807, 2.05) is 6.07 Å². The molecule has 6 nitrogen and oxygen atoms in total. The van der Waals surface area contributed by atoms with E-state index in [-0.39, 0.29) is 23.9 Å². The van der Waals surface area contributed by atoms with Gasteiger partial charge in [-0.2, -0.15) is 5.10 Å². The highest BCUT2D eigenvalue weighted by Gasteiger charge is 2.20. The van der Waals surface area contributed by atoms with Gasteiger partial charge in [0.2, 0.25) is 5.91 Å². The van der Waals surface area contributed by atoms with Crippen LogP contribution in [0.2, 0.25) is 0 Å². The Hall–Kier alpha value is -2.24. The van der Waals surface area contributed by atoms with E-state index >= 15 is 0 Å². The fourth-order valence-electron chi connectivity index (χ4n) is 1.27. The van der Waals surface area contributed by atoms with Gasteiger partial charge in [0.05, 0.1) is 18.7 Å². The van der Waals surface area contributed by atoms with Crippen LogP contribution in [0, 0.1) is 0 Å². The Morgan fingerprint density at radius 3 is 3.00 bits per heavy atom. The minimum Gasteiger partial charge on any atom is -0.345 e. The summed E-state index contributed by atoms with van der Waals surface area (Å²) in [5.41, 5.74) is 3.19. The van der Waals surface area contributed by atoms with Crippen LogP contribution in [0.15, 0.2) is 29.5 Å². The molecule has 2 amide bonds. The Morgan fingerprint density at radius 2 is 2.38 bits per heavy atom. The molecular weight excluding hydrogens is 208 g/mol. The summed E-state index contributed by atoms with van der Waals surface area (Å²) in [6.07, 6.45) is 1.69. The summed E-state index contributed by atoms with van der Waals surface area (Å²) >= 11 is 0. The van der Waals surface area contributed by atoms with E-state index in [0.717, 1.165) is 5.69 Å². The zero-order chi connectivity index (χ0) is 11.4. The first-order chi connectivity index (χ1) is 7.75. The fraction of sp³-hybridized carbons (Fsp3) is 0.200. The lowest BCUT2D eigenvalue weighted by molar-refractivity contribution is -0.120. The maximum Gasteiger partial charge on any atom is 0.268 e. The lowest BCUT2D eigenvalue weighted by Crippen LogP contribution is -2.30. The highest BCUT2D eigenvalue weighted by atomic mass is 16.2. The normalized spacial score (nSPS) is 14.2. The third-order valence-electron chi connectivity index (χ3n) is 2.06. The number of hydrazone groups is 1. The number of hydrogen-bond acceptors (Lipinski definition) is 4. The molecule has 1 aromatic heterocycles. The van der Waals surface area contributed by atoms with Crippen molar-refractivity contribution in [1.29, 1.82) is 0 Å². The molecule has 0 saturated carbocycles. The summed E-state index contributed by atoms with van der Waals surface area (Å²) < 4.78 is 0. The number of pyridine rings is 1. The molecule has 0 unspecified atom stereocenters. The minimum atomic E-state index is -0.344. The standard InChI is InChI=1S/C10H10N4O2/c15-9-5-8(13-14-9)10(16)12-6-7-3-1-2-4-11-7/h1-4H,5-6H2,(H,12,16)(H,14,15). The molecule has 2 N–H and O–H groups in total. The maximum atomic E-state index is 11.5. The maximum absolute atomic E-state index is 11.5. The number of hydrogen-bond donors (Lipinski definition) is 2. The minimum absolute atomic E-state index is 0.0358. The number of aromatic nitrogens is 1. The second-order valence-corrected chi connectivity index (χ2v) is 3.27. The van der Waals surface area contributed by atoms with E-state index in [2.05, 4.69) is 20.8 Å². The predicted octanol–water partition coefficient (Wildman–Crippen LogP) is -0.426. The smallest absolute Gasteiger partial charge is 0.268 e. The molecule has 1 aliphatic heterocycles. The van der Waals surface area contributed by atoms with Gasteiger partial charge in [-0.25, -0.2) is 5.43 Å². The molecule has 82 valence electrons. The Balaban J connectivity index is 1.87. The zero-order valence-corrected chi connectivity index (χ0v) is 8.43. The van der Waals surface area contributed by atoms with E-state index in [0.29, 0.717) is 6.54 Å². The number of rotatable bonds is 3. The highest BCUT2D eigenvalue weighted by molar-refractivity contribution is 6.43. The molecule has 1 aromatic rings. The molecule has 0 atom stereocenters. The first-order valence-corrected chi connectivity index (χ1v) is 4.79. The summed E-state index contributed by atoms with van der Waals surface area (Å²) in [6, 6.07) is 5.45.